The lowest BCUT2D eigenvalue weighted by molar-refractivity contribution is -0.126. The first kappa shape index (κ1) is 13.9. The molecule has 3 amide bonds. The Bertz CT molecular complexity index is 730. The minimum Gasteiger partial charge on any atom is -0.454 e. The number of carbonyl (C=O) groups excluding carboxylic acids is 2. The van der Waals surface area contributed by atoms with E-state index in [4.69, 9.17) is 14.6 Å². The van der Waals surface area contributed by atoms with E-state index in [9.17, 15) is 9.59 Å². The molecule has 120 valence electrons. The van der Waals surface area contributed by atoms with Gasteiger partial charge in [-0.05, 0) is 17.7 Å². The van der Waals surface area contributed by atoms with Gasteiger partial charge in [0.15, 0.2) is 11.5 Å². The van der Waals surface area contributed by atoms with Crippen molar-refractivity contribution in [2.45, 2.75) is 6.04 Å². The number of rotatable bonds is 3. The number of carbonyl (C=O) groups is 2. The first-order chi connectivity index (χ1) is 11.2. The lowest BCUT2D eigenvalue weighted by Gasteiger charge is -2.25. The lowest BCUT2D eigenvalue weighted by Crippen LogP contribution is -2.44. The summed E-state index contributed by atoms with van der Waals surface area (Å²) in [5.74, 6) is 1.04. The van der Waals surface area contributed by atoms with Crippen molar-refractivity contribution < 1.29 is 24.2 Å². The zero-order valence-corrected chi connectivity index (χ0v) is 12.2. The van der Waals surface area contributed by atoms with Crippen molar-refractivity contribution >= 4 is 11.9 Å². The third-order valence-corrected chi connectivity index (χ3v) is 4.12. The number of β-amino-alcohol motifs (C(OH)–C–C–N with tert-alkyl or cyclic N) is 1. The van der Waals surface area contributed by atoms with Crippen LogP contribution in [-0.2, 0) is 4.79 Å². The largest absolute Gasteiger partial charge is 0.454 e. The summed E-state index contributed by atoms with van der Waals surface area (Å²) >= 11 is 0. The van der Waals surface area contributed by atoms with Crippen molar-refractivity contribution in [2.75, 3.05) is 26.5 Å². The number of ether oxygens (including phenoxy) is 2. The average Bonchev–Trinajstić information content (AvgIpc) is 3.11. The number of benzene rings is 1. The van der Waals surface area contributed by atoms with Gasteiger partial charge in [0.05, 0.1) is 30.5 Å². The number of aliphatic hydroxyl groups is 1. The van der Waals surface area contributed by atoms with E-state index in [0.717, 1.165) is 5.56 Å². The Morgan fingerprint density at radius 3 is 2.91 bits per heavy atom. The van der Waals surface area contributed by atoms with Crippen molar-refractivity contribution in [3.63, 3.8) is 0 Å². The molecule has 3 aliphatic rings. The van der Waals surface area contributed by atoms with Crippen LogP contribution in [0.3, 0.4) is 0 Å². The monoisotopic (exact) mass is 317 g/mol. The molecular weight excluding hydrogens is 302 g/mol. The van der Waals surface area contributed by atoms with Gasteiger partial charge in [-0.15, -0.1) is 0 Å². The summed E-state index contributed by atoms with van der Waals surface area (Å²) < 4.78 is 10.6. The van der Waals surface area contributed by atoms with E-state index < -0.39 is 6.04 Å². The fourth-order valence-electron chi connectivity index (χ4n) is 3.07. The van der Waals surface area contributed by atoms with Crippen LogP contribution < -0.4 is 20.1 Å². The first-order valence-electron chi connectivity index (χ1n) is 7.27. The van der Waals surface area contributed by atoms with E-state index in [0.29, 0.717) is 29.3 Å². The van der Waals surface area contributed by atoms with Gasteiger partial charge in [-0.3, -0.25) is 4.79 Å². The molecule has 3 N–H and O–H groups in total. The molecule has 4 rings (SSSR count). The normalized spacial score (nSPS) is 22.1. The molecule has 0 radical (unpaired) electrons. The van der Waals surface area contributed by atoms with Gasteiger partial charge in [-0.25, -0.2) is 4.79 Å². The summed E-state index contributed by atoms with van der Waals surface area (Å²) in [4.78, 5) is 26.0. The van der Waals surface area contributed by atoms with Gasteiger partial charge in [-0.2, -0.15) is 0 Å². The molecule has 1 aromatic rings. The smallest absolute Gasteiger partial charge is 0.319 e. The highest BCUT2D eigenvalue weighted by Gasteiger charge is 2.40. The predicted molar refractivity (Wildman–Crippen MR) is 77.7 cm³/mol. The summed E-state index contributed by atoms with van der Waals surface area (Å²) in [6.45, 7) is 0.565. The molecule has 1 unspecified atom stereocenters. The average molecular weight is 317 g/mol. The Hall–Kier alpha value is -2.74. The van der Waals surface area contributed by atoms with Gasteiger partial charge in [-0.1, -0.05) is 6.07 Å². The number of fused-ring (bicyclic) bond motifs is 1. The molecule has 0 aromatic heterocycles. The maximum atomic E-state index is 12.6. The summed E-state index contributed by atoms with van der Waals surface area (Å²) in [6.07, 6.45) is 0. The van der Waals surface area contributed by atoms with Crippen molar-refractivity contribution in [3.8, 4) is 11.5 Å². The Kier molecular flexibility index (Phi) is 3.12. The number of aliphatic hydroxyl groups excluding tert-OH is 1. The molecule has 0 aliphatic carbocycles. The summed E-state index contributed by atoms with van der Waals surface area (Å²) in [5.41, 5.74) is 1.82. The predicted octanol–water partition coefficient (Wildman–Crippen LogP) is -0.142. The van der Waals surface area contributed by atoms with Crippen LogP contribution in [0.5, 0.6) is 11.5 Å². The van der Waals surface area contributed by atoms with E-state index in [1.165, 1.54) is 4.90 Å². The van der Waals surface area contributed by atoms with E-state index in [2.05, 4.69) is 10.6 Å². The molecule has 0 bridgehead atoms. The quantitative estimate of drug-likeness (QED) is 0.720. The zero-order chi connectivity index (χ0) is 16.0. The van der Waals surface area contributed by atoms with Crippen LogP contribution in [-0.4, -0.2) is 48.4 Å². The van der Waals surface area contributed by atoms with Crippen molar-refractivity contribution in [1.82, 2.24) is 15.5 Å². The molecule has 3 aliphatic heterocycles. The van der Waals surface area contributed by atoms with E-state index in [1.54, 1.807) is 18.2 Å². The number of nitrogens with zero attached hydrogens (tertiary/aromatic N) is 1. The Labute approximate surface area is 131 Å². The van der Waals surface area contributed by atoms with Crippen LogP contribution in [0.2, 0.25) is 0 Å². The Balaban J connectivity index is 1.71. The van der Waals surface area contributed by atoms with Gasteiger partial charge in [0.25, 0.3) is 5.91 Å². The molecular formula is C15H15N3O5. The highest BCUT2D eigenvalue weighted by atomic mass is 16.7. The zero-order valence-electron chi connectivity index (χ0n) is 12.2. The van der Waals surface area contributed by atoms with Gasteiger partial charge < -0.3 is 30.1 Å². The number of urea groups is 1. The second-order valence-electron chi connectivity index (χ2n) is 5.49. The van der Waals surface area contributed by atoms with Crippen molar-refractivity contribution in [1.29, 1.82) is 0 Å². The van der Waals surface area contributed by atoms with Crippen LogP contribution in [0.1, 0.15) is 11.6 Å². The molecule has 0 spiro atoms. The molecule has 8 heteroatoms. The Morgan fingerprint density at radius 2 is 2.09 bits per heavy atom. The van der Waals surface area contributed by atoms with Crippen LogP contribution in [0.15, 0.2) is 29.5 Å². The van der Waals surface area contributed by atoms with Crippen LogP contribution in [0.25, 0.3) is 0 Å². The minimum absolute atomic E-state index is 0.123. The molecule has 1 aromatic carbocycles. The molecule has 8 nitrogen and oxygen atoms in total. The van der Waals surface area contributed by atoms with E-state index in [-0.39, 0.29) is 31.9 Å². The van der Waals surface area contributed by atoms with Crippen LogP contribution in [0.4, 0.5) is 4.79 Å². The second kappa shape index (κ2) is 5.17. The third kappa shape index (κ3) is 2.18. The summed E-state index contributed by atoms with van der Waals surface area (Å²) in [5, 5.41) is 14.5. The number of hydrogen-bond acceptors (Lipinski definition) is 5. The van der Waals surface area contributed by atoms with E-state index in [1.807, 2.05) is 0 Å². The van der Waals surface area contributed by atoms with Crippen LogP contribution in [0, 0.1) is 0 Å². The van der Waals surface area contributed by atoms with Gasteiger partial charge in [0.2, 0.25) is 6.79 Å². The number of hydrogen-bond donors (Lipinski definition) is 3. The van der Waals surface area contributed by atoms with E-state index >= 15 is 0 Å². The third-order valence-electron chi connectivity index (χ3n) is 4.12. The highest BCUT2D eigenvalue weighted by molar-refractivity contribution is 6.01. The molecule has 23 heavy (non-hydrogen) atoms. The topological polar surface area (TPSA) is 100 Å². The van der Waals surface area contributed by atoms with Gasteiger partial charge in [0, 0.05) is 6.54 Å². The minimum atomic E-state index is -0.551. The standard InChI is InChI=1S/C15H15N3O5/c19-4-3-18-6-9-12(14(18)20)13(17-15(21)16-9)8-1-2-10-11(5-8)23-7-22-10/h1-2,5,13,19H,3-4,6-7H2,(H2,16,17,21). The van der Waals surface area contributed by atoms with Crippen molar-refractivity contribution in [3.05, 3.63) is 35.0 Å². The summed E-state index contributed by atoms with van der Waals surface area (Å²) in [6, 6.07) is 4.42. The summed E-state index contributed by atoms with van der Waals surface area (Å²) in [7, 11) is 0. The van der Waals surface area contributed by atoms with Crippen molar-refractivity contribution in [2.24, 2.45) is 0 Å². The molecule has 0 saturated heterocycles. The Morgan fingerprint density at radius 1 is 1.26 bits per heavy atom. The molecule has 0 saturated carbocycles. The van der Waals surface area contributed by atoms with Gasteiger partial charge in [0.1, 0.15) is 0 Å². The molecule has 3 heterocycles. The maximum Gasteiger partial charge on any atom is 0.319 e. The molecule has 0 fully saturated rings. The molecule has 1 atom stereocenters. The highest BCUT2D eigenvalue weighted by Crippen LogP contribution is 2.38. The van der Waals surface area contributed by atoms with Crippen LogP contribution >= 0.6 is 0 Å². The number of amides is 3. The van der Waals surface area contributed by atoms with Gasteiger partial charge >= 0.3 is 6.03 Å². The first-order valence-corrected chi connectivity index (χ1v) is 7.27. The maximum absolute atomic E-state index is 12.6. The number of nitrogens with one attached hydrogen (secondary N) is 2. The lowest BCUT2D eigenvalue weighted by atomic mass is 9.96. The second-order valence-corrected chi connectivity index (χ2v) is 5.49. The fourth-order valence-corrected chi connectivity index (χ4v) is 3.07. The fraction of sp³-hybridized carbons (Fsp3) is 0.333. The SMILES string of the molecule is O=C1NC2=C(C(=O)N(CCO)C2)C(c2ccc3c(c2)OCO3)N1.